The van der Waals surface area contributed by atoms with E-state index in [1.54, 1.807) is 0 Å². The van der Waals surface area contributed by atoms with Crippen LogP contribution in [-0.2, 0) is 10.0 Å². The van der Waals surface area contributed by atoms with Gasteiger partial charge in [0.1, 0.15) is 0 Å². The van der Waals surface area contributed by atoms with E-state index in [2.05, 4.69) is 10.0 Å². The Kier molecular flexibility index (Phi) is 4.52. The van der Waals surface area contributed by atoms with Gasteiger partial charge in [0.05, 0.1) is 5.75 Å². The SMILES string of the molecule is O=S(=O)(CC1CCCN1)NCC1CCCS1. The lowest BCUT2D eigenvalue weighted by molar-refractivity contribution is 0.562. The van der Waals surface area contributed by atoms with Crippen LogP contribution in [0.2, 0.25) is 0 Å². The Labute approximate surface area is 102 Å². The Morgan fingerprint density at radius 3 is 2.81 bits per heavy atom. The number of rotatable bonds is 5. The summed E-state index contributed by atoms with van der Waals surface area (Å²) < 4.78 is 26.3. The van der Waals surface area contributed by atoms with E-state index in [-0.39, 0.29) is 11.8 Å². The molecule has 2 aliphatic heterocycles. The van der Waals surface area contributed by atoms with Gasteiger partial charge in [0.2, 0.25) is 10.0 Å². The molecule has 0 spiro atoms. The highest BCUT2D eigenvalue weighted by Gasteiger charge is 2.23. The van der Waals surface area contributed by atoms with Crippen molar-refractivity contribution in [2.24, 2.45) is 0 Å². The molecule has 0 aromatic heterocycles. The Morgan fingerprint density at radius 2 is 2.19 bits per heavy atom. The highest BCUT2D eigenvalue weighted by atomic mass is 32.2. The van der Waals surface area contributed by atoms with Crippen molar-refractivity contribution < 1.29 is 8.42 Å². The minimum Gasteiger partial charge on any atom is -0.313 e. The van der Waals surface area contributed by atoms with Crippen LogP contribution in [0.3, 0.4) is 0 Å². The van der Waals surface area contributed by atoms with E-state index < -0.39 is 10.0 Å². The Balaban J connectivity index is 1.73. The van der Waals surface area contributed by atoms with Crippen molar-refractivity contribution in [1.82, 2.24) is 10.0 Å². The molecule has 2 rings (SSSR count). The van der Waals surface area contributed by atoms with Crippen LogP contribution in [-0.4, -0.2) is 44.3 Å². The van der Waals surface area contributed by atoms with Gasteiger partial charge in [0.15, 0.2) is 0 Å². The molecule has 6 heteroatoms. The highest BCUT2D eigenvalue weighted by Crippen LogP contribution is 2.25. The Hall–Kier alpha value is 0.220. The van der Waals surface area contributed by atoms with Crippen LogP contribution in [0.1, 0.15) is 25.7 Å². The second kappa shape index (κ2) is 5.71. The summed E-state index contributed by atoms with van der Waals surface area (Å²) in [4.78, 5) is 0. The molecule has 0 bridgehead atoms. The molecule has 0 aliphatic carbocycles. The molecule has 16 heavy (non-hydrogen) atoms. The topological polar surface area (TPSA) is 58.2 Å². The minimum absolute atomic E-state index is 0.161. The van der Waals surface area contributed by atoms with Gasteiger partial charge in [0.25, 0.3) is 0 Å². The van der Waals surface area contributed by atoms with E-state index in [9.17, 15) is 8.42 Å². The Bertz CT molecular complexity index is 307. The molecule has 0 saturated carbocycles. The molecule has 2 N–H and O–H groups in total. The molecule has 2 saturated heterocycles. The van der Waals surface area contributed by atoms with Crippen LogP contribution in [0.25, 0.3) is 0 Å². The summed E-state index contributed by atoms with van der Waals surface area (Å²) in [6, 6.07) is 0.161. The number of hydrogen-bond donors (Lipinski definition) is 2. The second-order valence-electron chi connectivity index (χ2n) is 4.56. The summed E-state index contributed by atoms with van der Waals surface area (Å²) in [7, 11) is -3.08. The summed E-state index contributed by atoms with van der Waals surface area (Å²) in [5.74, 6) is 1.42. The molecule has 2 fully saturated rings. The quantitative estimate of drug-likeness (QED) is 0.761. The molecule has 0 radical (unpaired) electrons. The average Bonchev–Trinajstić information content (AvgIpc) is 2.85. The molecule has 4 nitrogen and oxygen atoms in total. The zero-order valence-corrected chi connectivity index (χ0v) is 11.1. The van der Waals surface area contributed by atoms with Crippen LogP contribution in [0.15, 0.2) is 0 Å². The average molecular weight is 264 g/mol. The van der Waals surface area contributed by atoms with Gasteiger partial charge in [-0.3, -0.25) is 0 Å². The first-order chi connectivity index (χ1) is 7.66. The summed E-state index contributed by atoms with van der Waals surface area (Å²) >= 11 is 1.88. The fourth-order valence-electron chi connectivity index (χ4n) is 2.25. The third-order valence-electron chi connectivity index (χ3n) is 3.14. The molecule has 2 unspecified atom stereocenters. The largest absolute Gasteiger partial charge is 0.313 e. The first kappa shape index (κ1) is 12.7. The van der Waals surface area contributed by atoms with E-state index in [1.165, 1.54) is 12.2 Å². The summed E-state index contributed by atoms with van der Waals surface area (Å²) in [6.45, 7) is 1.57. The van der Waals surface area contributed by atoms with Gasteiger partial charge in [-0.05, 0) is 38.0 Å². The molecule has 0 aromatic rings. The maximum Gasteiger partial charge on any atom is 0.213 e. The maximum atomic E-state index is 11.8. The molecule has 2 heterocycles. The van der Waals surface area contributed by atoms with Gasteiger partial charge in [-0.1, -0.05) is 0 Å². The molecular formula is C10H20N2O2S2. The fourth-order valence-corrected chi connectivity index (χ4v) is 4.94. The van der Waals surface area contributed by atoms with Crippen molar-refractivity contribution >= 4 is 21.8 Å². The van der Waals surface area contributed by atoms with Gasteiger partial charge in [0, 0.05) is 17.8 Å². The van der Waals surface area contributed by atoms with Gasteiger partial charge in [-0.25, -0.2) is 13.1 Å². The van der Waals surface area contributed by atoms with Crippen LogP contribution in [0.5, 0.6) is 0 Å². The summed E-state index contributed by atoms with van der Waals surface area (Å²) in [6.07, 6.45) is 4.45. The van der Waals surface area contributed by atoms with Crippen molar-refractivity contribution in [3.05, 3.63) is 0 Å². The van der Waals surface area contributed by atoms with Crippen molar-refractivity contribution in [1.29, 1.82) is 0 Å². The van der Waals surface area contributed by atoms with E-state index in [4.69, 9.17) is 0 Å². The van der Waals surface area contributed by atoms with Crippen molar-refractivity contribution in [2.45, 2.75) is 37.0 Å². The zero-order valence-electron chi connectivity index (χ0n) is 9.44. The lowest BCUT2D eigenvalue weighted by Gasteiger charge is -2.14. The van der Waals surface area contributed by atoms with Gasteiger partial charge in [-0.15, -0.1) is 0 Å². The van der Waals surface area contributed by atoms with Gasteiger partial charge >= 0.3 is 0 Å². The Morgan fingerprint density at radius 1 is 1.31 bits per heavy atom. The summed E-state index contributed by atoms with van der Waals surface area (Å²) in [5.41, 5.74) is 0. The van der Waals surface area contributed by atoms with Crippen molar-refractivity contribution in [2.75, 3.05) is 24.6 Å². The second-order valence-corrected chi connectivity index (χ2v) is 7.82. The third kappa shape index (κ3) is 3.91. The summed E-state index contributed by atoms with van der Waals surface area (Å²) in [5, 5.41) is 3.71. The van der Waals surface area contributed by atoms with Crippen molar-refractivity contribution in [3.8, 4) is 0 Å². The predicted octanol–water partition coefficient (Wildman–Crippen LogP) is 0.553. The van der Waals surface area contributed by atoms with E-state index in [1.807, 2.05) is 11.8 Å². The molecule has 0 amide bonds. The van der Waals surface area contributed by atoms with Crippen LogP contribution < -0.4 is 10.0 Å². The van der Waals surface area contributed by atoms with Crippen LogP contribution >= 0.6 is 11.8 Å². The van der Waals surface area contributed by atoms with Crippen LogP contribution in [0.4, 0.5) is 0 Å². The molecule has 0 aromatic carbocycles. The lowest BCUT2D eigenvalue weighted by Crippen LogP contribution is -2.38. The van der Waals surface area contributed by atoms with Gasteiger partial charge < -0.3 is 5.32 Å². The lowest BCUT2D eigenvalue weighted by atomic mass is 10.2. The first-order valence-electron chi connectivity index (χ1n) is 5.98. The standard InChI is InChI=1S/C10H20N2O2S2/c13-16(14,8-9-3-1-5-11-9)12-7-10-4-2-6-15-10/h9-12H,1-8H2. The smallest absolute Gasteiger partial charge is 0.213 e. The minimum atomic E-state index is -3.08. The maximum absolute atomic E-state index is 11.8. The number of nitrogens with one attached hydrogen (secondary N) is 2. The van der Waals surface area contributed by atoms with E-state index in [0.29, 0.717) is 11.8 Å². The molecule has 2 aliphatic rings. The monoisotopic (exact) mass is 264 g/mol. The number of thioether (sulfide) groups is 1. The zero-order chi connectivity index (χ0) is 11.4. The predicted molar refractivity (Wildman–Crippen MR) is 68.3 cm³/mol. The third-order valence-corrected chi connectivity index (χ3v) is 5.98. The molecule has 2 atom stereocenters. The van der Waals surface area contributed by atoms with E-state index in [0.717, 1.165) is 25.8 Å². The molecule has 94 valence electrons. The normalized spacial score (nSPS) is 31.0. The van der Waals surface area contributed by atoms with Crippen molar-refractivity contribution in [3.63, 3.8) is 0 Å². The molecular weight excluding hydrogens is 244 g/mol. The van der Waals surface area contributed by atoms with Crippen LogP contribution in [0, 0.1) is 0 Å². The fraction of sp³-hybridized carbons (Fsp3) is 1.00. The highest BCUT2D eigenvalue weighted by molar-refractivity contribution is 8.00. The van der Waals surface area contributed by atoms with E-state index >= 15 is 0 Å². The number of hydrogen-bond acceptors (Lipinski definition) is 4. The first-order valence-corrected chi connectivity index (χ1v) is 8.68. The number of sulfonamides is 1. The van der Waals surface area contributed by atoms with Gasteiger partial charge in [-0.2, -0.15) is 11.8 Å².